The fourth-order valence-electron chi connectivity index (χ4n) is 4.61. The van der Waals surface area contributed by atoms with Crippen LogP contribution in [-0.4, -0.2) is 30.9 Å². The second-order valence-corrected chi connectivity index (χ2v) is 11.3. The van der Waals surface area contributed by atoms with Crippen molar-refractivity contribution in [3.63, 3.8) is 0 Å². The number of esters is 1. The smallest absolute Gasteiger partial charge is 0.421 e. The van der Waals surface area contributed by atoms with Crippen molar-refractivity contribution in [2.75, 3.05) is 5.32 Å². The van der Waals surface area contributed by atoms with E-state index in [9.17, 15) is 26.4 Å². The molecule has 0 radical (unpaired) electrons. The molecule has 40 heavy (non-hydrogen) atoms. The van der Waals surface area contributed by atoms with Gasteiger partial charge in [-0.2, -0.15) is 26.2 Å². The Balaban J connectivity index is 1.33. The molecule has 0 atom stereocenters. The van der Waals surface area contributed by atoms with Crippen LogP contribution in [0.2, 0.25) is 5.02 Å². The van der Waals surface area contributed by atoms with E-state index in [1.165, 1.54) is 12.1 Å². The number of halogens is 4. The minimum Gasteiger partial charge on any atom is -0.421 e. The SMILES string of the molecule is CCc1c(Cl)c(NC2CCC(c3ccc(OS(=O)(=O)C(F)(F)F)cc3)CC2)nc[n+]1COC(=O)c1ccccc1. The highest BCUT2D eigenvalue weighted by molar-refractivity contribution is 7.88. The summed E-state index contributed by atoms with van der Waals surface area (Å²) in [5.74, 6) is -0.128. The molecule has 4 rings (SSSR count). The van der Waals surface area contributed by atoms with Crippen LogP contribution in [0.5, 0.6) is 5.75 Å². The summed E-state index contributed by atoms with van der Waals surface area (Å²) < 4.78 is 71.3. The number of nitrogens with zero attached hydrogens (tertiary/aromatic N) is 2. The van der Waals surface area contributed by atoms with Gasteiger partial charge in [0, 0.05) is 12.5 Å². The quantitative estimate of drug-likeness (QED) is 0.145. The summed E-state index contributed by atoms with van der Waals surface area (Å²) in [6, 6.07) is 14.4. The lowest BCUT2D eigenvalue weighted by Crippen LogP contribution is -2.41. The normalized spacial score (nSPS) is 17.7. The van der Waals surface area contributed by atoms with Gasteiger partial charge in [-0.05, 0) is 66.4 Å². The van der Waals surface area contributed by atoms with Crippen molar-refractivity contribution in [3.8, 4) is 5.75 Å². The van der Waals surface area contributed by atoms with E-state index in [1.54, 1.807) is 47.3 Å². The Morgan fingerprint density at radius 2 is 1.73 bits per heavy atom. The van der Waals surface area contributed by atoms with E-state index in [2.05, 4.69) is 14.5 Å². The van der Waals surface area contributed by atoms with Gasteiger partial charge < -0.3 is 14.2 Å². The number of hydrogen-bond donors (Lipinski definition) is 1. The Morgan fingerprint density at radius 1 is 1.07 bits per heavy atom. The lowest BCUT2D eigenvalue weighted by molar-refractivity contribution is -0.736. The van der Waals surface area contributed by atoms with Gasteiger partial charge in [-0.25, -0.2) is 4.79 Å². The third kappa shape index (κ3) is 7.03. The number of rotatable bonds is 9. The zero-order valence-electron chi connectivity index (χ0n) is 21.5. The number of nitrogens with one attached hydrogen (secondary N) is 1. The van der Waals surface area contributed by atoms with Crippen molar-refractivity contribution in [3.05, 3.63) is 82.8 Å². The predicted molar refractivity (Wildman–Crippen MR) is 141 cm³/mol. The number of anilines is 1. The number of hydrogen-bond acceptors (Lipinski definition) is 7. The molecule has 0 bridgehead atoms. The molecular weight excluding hydrogens is 571 g/mol. The van der Waals surface area contributed by atoms with E-state index >= 15 is 0 Å². The van der Waals surface area contributed by atoms with Gasteiger partial charge in [0.2, 0.25) is 6.73 Å². The van der Waals surface area contributed by atoms with Gasteiger partial charge in [0.1, 0.15) is 11.4 Å². The first kappa shape index (κ1) is 29.6. The standard InChI is InChI=1S/C27H27ClF3N3O5S/c1-2-23-24(28)25(32-16-34(23)17-38-26(35)20-6-4-3-5-7-20)33-21-12-8-18(9-13-21)19-10-14-22(15-11-19)39-40(36,37)27(29,30)31/h3-7,10-11,14-16,18,21H,2,8-9,12-13,17H2,1H3/p+1. The molecule has 0 amide bonds. The van der Waals surface area contributed by atoms with Crippen molar-refractivity contribution in [2.45, 2.75) is 63.2 Å². The first-order valence-corrected chi connectivity index (χ1v) is 14.4. The molecule has 2 aromatic carbocycles. The Kier molecular flexibility index (Phi) is 9.19. The molecule has 1 N–H and O–H groups in total. The highest BCUT2D eigenvalue weighted by Gasteiger charge is 2.48. The van der Waals surface area contributed by atoms with Crippen molar-refractivity contribution in [1.29, 1.82) is 0 Å². The maximum Gasteiger partial charge on any atom is 0.534 e. The van der Waals surface area contributed by atoms with Gasteiger partial charge in [0.05, 0.1) is 5.56 Å². The largest absolute Gasteiger partial charge is 0.534 e. The lowest BCUT2D eigenvalue weighted by Gasteiger charge is -2.29. The van der Waals surface area contributed by atoms with E-state index in [0.29, 0.717) is 22.8 Å². The summed E-state index contributed by atoms with van der Waals surface area (Å²) in [7, 11) is -5.70. The third-order valence-electron chi connectivity index (χ3n) is 6.72. The van der Waals surface area contributed by atoms with E-state index in [0.717, 1.165) is 36.9 Å². The minimum atomic E-state index is -5.70. The van der Waals surface area contributed by atoms with Gasteiger partial charge >= 0.3 is 21.6 Å². The number of carbonyl (C=O) groups is 1. The summed E-state index contributed by atoms with van der Waals surface area (Å²) in [6.07, 6.45) is 5.39. The zero-order chi connectivity index (χ0) is 28.9. The van der Waals surface area contributed by atoms with Gasteiger partial charge in [-0.1, -0.05) is 48.9 Å². The Hall–Kier alpha value is -3.38. The second-order valence-electron chi connectivity index (χ2n) is 9.35. The van der Waals surface area contributed by atoms with Crippen molar-refractivity contribution in [1.82, 2.24) is 4.98 Å². The minimum absolute atomic E-state index is 0.0268. The number of alkyl halides is 3. The number of aromatic nitrogens is 2. The summed E-state index contributed by atoms with van der Waals surface area (Å²) >= 11 is 6.67. The van der Waals surface area contributed by atoms with Gasteiger partial charge in [0.15, 0.2) is 5.02 Å². The molecule has 8 nitrogen and oxygen atoms in total. The first-order chi connectivity index (χ1) is 19.0. The van der Waals surface area contributed by atoms with Crippen molar-refractivity contribution < 1.29 is 39.9 Å². The van der Waals surface area contributed by atoms with Gasteiger partial charge in [0.25, 0.3) is 12.1 Å². The van der Waals surface area contributed by atoms with Crippen LogP contribution in [0.1, 0.15) is 60.1 Å². The molecular formula is C27H28ClF3N3O5S+. The molecule has 1 fully saturated rings. The fourth-order valence-corrected chi connectivity index (χ4v) is 5.41. The monoisotopic (exact) mass is 598 g/mol. The molecule has 0 aliphatic heterocycles. The molecule has 1 aromatic heterocycles. The number of ether oxygens (including phenoxy) is 1. The second kappa shape index (κ2) is 12.4. The van der Waals surface area contributed by atoms with Gasteiger partial charge in [-0.15, -0.1) is 0 Å². The van der Waals surface area contributed by atoms with Crippen LogP contribution in [0.15, 0.2) is 60.9 Å². The van der Waals surface area contributed by atoms with Crippen molar-refractivity contribution >= 4 is 33.5 Å². The Labute approximate surface area is 235 Å². The molecule has 0 unspecified atom stereocenters. The maximum atomic E-state index is 12.5. The van der Waals surface area contributed by atoms with E-state index in [1.807, 2.05) is 13.0 Å². The van der Waals surface area contributed by atoms with Crippen molar-refractivity contribution in [2.24, 2.45) is 0 Å². The lowest BCUT2D eigenvalue weighted by atomic mass is 9.82. The highest BCUT2D eigenvalue weighted by Crippen LogP contribution is 2.36. The van der Waals surface area contributed by atoms with Crippen LogP contribution in [-0.2, 0) is 28.0 Å². The summed E-state index contributed by atoms with van der Waals surface area (Å²) in [6.45, 7) is 1.92. The highest BCUT2D eigenvalue weighted by atomic mass is 35.5. The van der Waals surface area contributed by atoms with Crippen LogP contribution in [0.25, 0.3) is 0 Å². The molecule has 0 spiro atoms. The van der Waals surface area contributed by atoms with Gasteiger partial charge in [-0.3, -0.25) is 0 Å². The number of carbonyl (C=O) groups excluding carboxylic acids is 1. The average molecular weight is 599 g/mol. The topological polar surface area (TPSA) is 98.5 Å². The molecule has 1 aliphatic rings. The maximum absolute atomic E-state index is 12.5. The predicted octanol–water partition coefficient (Wildman–Crippen LogP) is 5.77. The number of benzene rings is 2. The Morgan fingerprint density at radius 3 is 2.33 bits per heavy atom. The summed E-state index contributed by atoms with van der Waals surface area (Å²) in [4.78, 5) is 16.7. The molecule has 1 saturated carbocycles. The summed E-state index contributed by atoms with van der Waals surface area (Å²) in [5.41, 5.74) is -3.37. The van der Waals surface area contributed by atoms with Crippen LogP contribution < -0.4 is 14.1 Å². The Bertz CT molecular complexity index is 1430. The average Bonchev–Trinajstić information content (AvgIpc) is 2.93. The fraction of sp³-hybridized carbons (Fsp3) is 0.370. The first-order valence-electron chi connectivity index (χ1n) is 12.6. The van der Waals surface area contributed by atoms with E-state index in [4.69, 9.17) is 16.3 Å². The zero-order valence-corrected chi connectivity index (χ0v) is 23.1. The molecule has 13 heteroatoms. The van der Waals surface area contributed by atoms with Crippen LogP contribution in [0, 0.1) is 0 Å². The molecule has 0 saturated heterocycles. The molecule has 1 aliphatic carbocycles. The molecule has 1 heterocycles. The van der Waals surface area contributed by atoms with E-state index in [-0.39, 0.29) is 24.4 Å². The van der Waals surface area contributed by atoms with Crippen LogP contribution in [0.3, 0.4) is 0 Å². The molecule has 214 valence electrons. The van der Waals surface area contributed by atoms with E-state index < -0.39 is 21.6 Å². The molecule has 3 aromatic rings. The van der Waals surface area contributed by atoms with Crippen LogP contribution >= 0.6 is 11.6 Å². The third-order valence-corrected chi connectivity index (χ3v) is 8.10. The summed E-state index contributed by atoms with van der Waals surface area (Å²) in [5, 5.41) is 3.86. The van der Waals surface area contributed by atoms with Crippen LogP contribution in [0.4, 0.5) is 19.0 Å².